The van der Waals surface area contributed by atoms with Gasteiger partial charge in [-0.3, -0.25) is 9.69 Å². The largest absolute Gasteiger partial charge is 0.494 e. The number of carbonyl (C=O) groups excluding carboxylic acids is 2. The van der Waals surface area contributed by atoms with Crippen LogP contribution in [0.2, 0.25) is 0 Å². The van der Waals surface area contributed by atoms with E-state index in [2.05, 4.69) is 10.2 Å². The van der Waals surface area contributed by atoms with Crippen molar-refractivity contribution in [2.24, 2.45) is 0 Å². The van der Waals surface area contributed by atoms with Crippen LogP contribution in [0, 0.1) is 5.82 Å². The van der Waals surface area contributed by atoms with Gasteiger partial charge in [-0.05, 0) is 43.7 Å². The maximum absolute atomic E-state index is 13.4. The van der Waals surface area contributed by atoms with Crippen molar-refractivity contribution >= 4 is 12.0 Å². The van der Waals surface area contributed by atoms with Crippen LogP contribution in [0.25, 0.3) is 5.69 Å². The Morgan fingerprint density at radius 1 is 1.13 bits per heavy atom. The minimum Gasteiger partial charge on any atom is -0.494 e. The van der Waals surface area contributed by atoms with Crippen molar-refractivity contribution in [2.45, 2.75) is 39.9 Å². The Kier molecular flexibility index (Phi) is 8.96. The number of urea groups is 1. The number of methoxy groups -OCH3 is 1. The third-order valence-electron chi connectivity index (χ3n) is 6.55. The molecule has 2 heterocycles. The first kappa shape index (κ1) is 27.1. The van der Waals surface area contributed by atoms with Gasteiger partial charge < -0.3 is 19.7 Å². The number of aromatic nitrogens is 2. The molecule has 0 saturated carbocycles. The van der Waals surface area contributed by atoms with Crippen molar-refractivity contribution in [2.75, 3.05) is 33.4 Å². The maximum atomic E-state index is 13.4. The van der Waals surface area contributed by atoms with Gasteiger partial charge in [0.2, 0.25) is 0 Å². The number of esters is 1. The summed E-state index contributed by atoms with van der Waals surface area (Å²) in [7, 11) is 1.63. The average molecular weight is 524 g/mol. The number of benzene rings is 2. The Morgan fingerprint density at radius 2 is 1.89 bits per heavy atom. The summed E-state index contributed by atoms with van der Waals surface area (Å²) in [4.78, 5) is 28.5. The Bertz CT molecular complexity index is 1260. The summed E-state index contributed by atoms with van der Waals surface area (Å²) < 4.78 is 25.8. The van der Waals surface area contributed by atoms with Gasteiger partial charge in [0.1, 0.15) is 23.8 Å². The maximum Gasteiger partial charge on any atom is 0.325 e. The Morgan fingerprint density at radius 3 is 2.61 bits per heavy atom. The van der Waals surface area contributed by atoms with Crippen molar-refractivity contribution < 1.29 is 23.5 Å². The molecule has 0 aliphatic carbocycles. The van der Waals surface area contributed by atoms with E-state index in [9.17, 15) is 14.0 Å². The minimum absolute atomic E-state index is 0.192. The van der Waals surface area contributed by atoms with E-state index in [-0.39, 0.29) is 31.5 Å². The highest BCUT2D eigenvalue weighted by Crippen LogP contribution is 2.30. The molecule has 1 aromatic heterocycles. The first-order valence-corrected chi connectivity index (χ1v) is 12.8. The molecule has 9 nitrogen and oxygen atoms in total. The zero-order chi connectivity index (χ0) is 27.1. The quantitative estimate of drug-likeness (QED) is 0.408. The fourth-order valence-electron chi connectivity index (χ4n) is 4.64. The summed E-state index contributed by atoms with van der Waals surface area (Å²) in [5, 5.41) is 7.60. The number of amides is 2. The standard InChI is InChI=1S/C28H34FN5O4/c1-4-33(28(36)30-16-27(35)38-5-2)19-23-22-18-32(17-20-10-12-21(29)13-11-20)15-14-24(22)34(31-23)25-8-6-7-9-26(25)37-3/h6-13H,4-5,14-19H2,1-3H3,(H,30,36). The van der Waals surface area contributed by atoms with Gasteiger partial charge in [-0.2, -0.15) is 5.10 Å². The van der Waals surface area contributed by atoms with Crippen LogP contribution in [-0.4, -0.2) is 64.9 Å². The molecule has 10 heteroatoms. The van der Waals surface area contributed by atoms with E-state index in [0.717, 1.165) is 41.2 Å². The molecular formula is C28H34FN5O4. The number of nitrogens with zero attached hydrogens (tertiary/aromatic N) is 4. The zero-order valence-electron chi connectivity index (χ0n) is 22.1. The van der Waals surface area contributed by atoms with E-state index in [1.54, 1.807) is 31.1 Å². The van der Waals surface area contributed by atoms with E-state index >= 15 is 0 Å². The summed E-state index contributed by atoms with van der Waals surface area (Å²) in [6, 6.07) is 13.9. The molecule has 2 amide bonds. The molecular weight excluding hydrogens is 489 g/mol. The van der Waals surface area contributed by atoms with Crippen molar-refractivity contribution in [1.29, 1.82) is 0 Å². The number of hydrogen-bond donors (Lipinski definition) is 1. The predicted octanol–water partition coefficient (Wildman–Crippen LogP) is 3.67. The molecule has 0 radical (unpaired) electrons. The molecule has 4 rings (SSSR count). The molecule has 0 spiro atoms. The number of ether oxygens (including phenoxy) is 2. The fourth-order valence-corrected chi connectivity index (χ4v) is 4.64. The molecule has 0 atom stereocenters. The smallest absolute Gasteiger partial charge is 0.325 e. The average Bonchev–Trinajstić information content (AvgIpc) is 3.29. The van der Waals surface area contributed by atoms with Crippen LogP contribution in [0.15, 0.2) is 48.5 Å². The lowest BCUT2D eigenvalue weighted by Gasteiger charge is -2.28. The number of hydrogen-bond acceptors (Lipinski definition) is 6. The van der Waals surface area contributed by atoms with Crippen LogP contribution < -0.4 is 10.1 Å². The summed E-state index contributed by atoms with van der Waals surface area (Å²) >= 11 is 0. The van der Waals surface area contributed by atoms with E-state index in [1.807, 2.05) is 35.9 Å². The van der Waals surface area contributed by atoms with Crippen LogP contribution in [0.4, 0.5) is 9.18 Å². The molecule has 0 saturated heterocycles. The van der Waals surface area contributed by atoms with Gasteiger partial charge in [0, 0.05) is 38.2 Å². The van der Waals surface area contributed by atoms with Crippen LogP contribution in [0.1, 0.15) is 36.4 Å². The topological polar surface area (TPSA) is 88.9 Å². The molecule has 0 unspecified atom stereocenters. The van der Waals surface area contributed by atoms with E-state index in [1.165, 1.54) is 12.1 Å². The molecule has 1 N–H and O–H groups in total. The lowest BCUT2D eigenvalue weighted by atomic mass is 10.0. The normalized spacial score (nSPS) is 13.1. The molecule has 2 aromatic carbocycles. The van der Waals surface area contributed by atoms with Crippen LogP contribution in [-0.2, 0) is 35.6 Å². The Labute approximate surface area is 222 Å². The van der Waals surface area contributed by atoms with E-state index < -0.39 is 5.97 Å². The van der Waals surface area contributed by atoms with Gasteiger partial charge in [-0.15, -0.1) is 0 Å². The lowest BCUT2D eigenvalue weighted by Crippen LogP contribution is -2.42. The first-order valence-electron chi connectivity index (χ1n) is 12.8. The highest BCUT2D eigenvalue weighted by molar-refractivity contribution is 5.80. The summed E-state index contributed by atoms with van der Waals surface area (Å²) in [5.74, 6) is -0.0280. The summed E-state index contributed by atoms with van der Waals surface area (Å²) in [6.45, 7) is 6.50. The van der Waals surface area contributed by atoms with Gasteiger partial charge >= 0.3 is 12.0 Å². The monoisotopic (exact) mass is 523 g/mol. The van der Waals surface area contributed by atoms with Gasteiger partial charge in [0.05, 0.1) is 31.6 Å². The Balaban J connectivity index is 1.62. The van der Waals surface area contributed by atoms with Gasteiger partial charge in [-0.1, -0.05) is 24.3 Å². The second kappa shape index (κ2) is 12.6. The number of carbonyl (C=O) groups is 2. The fraction of sp³-hybridized carbons (Fsp3) is 0.393. The van der Waals surface area contributed by atoms with Gasteiger partial charge in [0.15, 0.2) is 0 Å². The number of halogens is 1. The number of rotatable bonds is 10. The van der Waals surface area contributed by atoms with Crippen molar-refractivity contribution in [1.82, 2.24) is 24.9 Å². The molecule has 0 fully saturated rings. The highest BCUT2D eigenvalue weighted by Gasteiger charge is 2.28. The Hall–Kier alpha value is -3.92. The van der Waals surface area contributed by atoms with Crippen molar-refractivity contribution in [3.63, 3.8) is 0 Å². The number of para-hydroxylation sites is 2. The molecule has 0 bridgehead atoms. The molecule has 1 aliphatic rings. The SMILES string of the molecule is CCOC(=O)CNC(=O)N(CC)Cc1nn(-c2ccccc2OC)c2c1CN(Cc1ccc(F)cc1)CC2. The van der Waals surface area contributed by atoms with Crippen LogP contribution in [0.3, 0.4) is 0 Å². The zero-order valence-corrected chi connectivity index (χ0v) is 22.1. The molecule has 202 valence electrons. The summed E-state index contributed by atoms with van der Waals surface area (Å²) in [6.07, 6.45) is 0.753. The molecule has 1 aliphatic heterocycles. The molecule has 38 heavy (non-hydrogen) atoms. The number of nitrogens with one attached hydrogen (secondary N) is 1. The van der Waals surface area contributed by atoms with E-state index in [0.29, 0.717) is 25.4 Å². The van der Waals surface area contributed by atoms with Crippen LogP contribution in [0.5, 0.6) is 5.75 Å². The van der Waals surface area contributed by atoms with Crippen molar-refractivity contribution in [3.05, 3.63) is 76.9 Å². The highest BCUT2D eigenvalue weighted by atomic mass is 19.1. The van der Waals surface area contributed by atoms with Crippen LogP contribution >= 0.6 is 0 Å². The van der Waals surface area contributed by atoms with Gasteiger partial charge in [0.25, 0.3) is 0 Å². The second-order valence-electron chi connectivity index (χ2n) is 9.02. The minimum atomic E-state index is -0.480. The summed E-state index contributed by atoms with van der Waals surface area (Å²) in [5.41, 5.74) is 4.77. The first-order chi connectivity index (χ1) is 18.4. The van der Waals surface area contributed by atoms with E-state index in [4.69, 9.17) is 14.6 Å². The van der Waals surface area contributed by atoms with Crippen molar-refractivity contribution in [3.8, 4) is 11.4 Å². The third-order valence-corrected chi connectivity index (χ3v) is 6.55. The predicted molar refractivity (Wildman–Crippen MR) is 140 cm³/mol. The third kappa shape index (κ3) is 6.31. The molecule has 3 aromatic rings. The second-order valence-corrected chi connectivity index (χ2v) is 9.02. The number of fused-ring (bicyclic) bond motifs is 1. The van der Waals surface area contributed by atoms with Gasteiger partial charge in [-0.25, -0.2) is 13.9 Å². The lowest BCUT2D eigenvalue weighted by molar-refractivity contribution is -0.141.